The van der Waals surface area contributed by atoms with E-state index in [1.54, 1.807) is 18.2 Å². The first kappa shape index (κ1) is 22.7. The van der Waals surface area contributed by atoms with Crippen molar-refractivity contribution in [2.24, 2.45) is 11.0 Å². The third kappa shape index (κ3) is 5.28. The predicted molar refractivity (Wildman–Crippen MR) is 125 cm³/mol. The molecule has 1 aliphatic rings. The number of fused-ring (bicyclic) bond motifs is 1. The monoisotopic (exact) mass is 466 g/mol. The molecule has 0 saturated heterocycles. The Kier molecular flexibility index (Phi) is 6.84. The smallest absolute Gasteiger partial charge is 0.346 e. The number of nitrogens with one attached hydrogen (secondary N) is 1. The van der Waals surface area contributed by atoms with Crippen molar-refractivity contribution in [3.05, 3.63) is 80.8 Å². The summed E-state index contributed by atoms with van der Waals surface area (Å²) in [5.74, 6) is -0.679. The number of carbonyl (C=O) groups is 2. The van der Waals surface area contributed by atoms with E-state index in [0.717, 1.165) is 19.3 Å². The summed E-state index contributed by atoms with van der Waals surface area (Å²) in [6.07, 6.45) is 4.65. The number of thiophene rings is 1. The van der Waals surface area contributed by atoms with E-state index >= 15 is 0 Å². The van der Waals surface area contributed by atoms with Gasteiger partial charge in [0, 0.05) is 4.88 Å². The molecule has 0 spiro atoms. The van der Waals surface area contributed by atoms with Gasteiger partial charge in [0.1, 0.15) is 5.82 Å². The predicted octanol–water partition coefficient (Wildman–Crippen LogP) is 5.00. The quantitative estimate of drug-likeness (QED) is 0.240. The fourth-order valence-corrected chi connectivity index (χ4v) is 4.77. The van der Waals surface area contributed by atoms with Crippen molar-refractivity contribution in [2.45, 2.75) is 26.2 Å². The normalized spacial score (nSPS) is 15.2. The van der Waals surface area contributed by atoms with Gasteiger partial charge in [-0.25, -0.2) is 14.6 Å². The third-order valence-electron chi connectivity index (χ3n) is 5.42. The first-order valence-electron chi connectivity index (χ1n) is 10.5. The van der Waals surface area contributed by atoms with Crippen LogP contribution in [0.5, 0.6) is 11.5 Å². The number of halogens is 1. The second-order valence-corrected chi connectivity index (χ2v) is 9.02. The van der Waals surface area contributed by atoms with Crippen LogP contribution in [0.25, 0.3) is 0 Å². The van der Waals surface area contributed by atoms with E-state index in [-0.39, 0.29) is 23.0 Å². The van der Waals surface area contributed by atoms with Crippen molar-refractivity contribution >= 4 is 29.4 Å². The topological polar surface area (TPSA) is 77.0 Å². The number of esters is 1. The molecule has 1 unspecified atom stereocenters. The van der Waals surface area contributed by atoms with Crippen LogP contribution in [-0.2, 0) is 12.8 Å². The summed E-state index contributed by atoms with van der Waals surface area (Å²) in [6, 6.07) is 12.3. The maximum Gasteiger partial charge on any atom is 0.346 e. The molecule has 0 aliphatic heterocycles. The van der Waals surface area contributed by atoms with Gasteiger partial charge in [-0.2, -0.15) is 5.10 Å². The zero-order valence-corrected chi connectivity index (χ0v) is 19.1. The Morgan fingerprint density at radius 1 is 1.18 bits per heavy atom. The number of hydrogen-bond acceptors (Lipinski definition) is 6. The van der Waals surface area contributed by atoms with Crippen LogP contribution in [0.15, 0.2) is 53.6 Å². The maximum atomic E-state index is 13.8. The molecule has 33 heavy (non-hydrogen) atoms. The van der Waals surface area contributed by atoms with E-state index in [2.05, 4.69) is 17.5 Å². The fraction of sp³-hybridized carbons (Fsp3) is 0.240. The Labute approximate surface area is 195 Å². The lowest BCUT2D eigenvalue weighted by Crippen LogP contribution is -2.16. The second-order valence-electron chi connectivity index (χ2n) is 7.89. The van der Waals surface area contributed by atoms with Crippen LogP contribution in [0, 0.1) is 11.7 Å². The summed E-state index contributed by atoms with van der Waals surface area (Å²) < 4.78 is 24.4. The average molecular weight is 467 g/mol. The SMILES string of the molecule is COc1cc(C=NNC(=O)c2cc3c(s2)CCC(C)C3)ccc1OC(=O)c1ccccc1F. The van der Waals surface area contributed by atoms with Crippen LogP contribution in [0.2, 0.25) is 0 Å². The van der Waals surface area contributed by atoms with Gasteiger partial charge in [0.2, 0.25) is 0 Å². The molecule has 8 heteroatoms. The number of rotatable bonds is 6. The van der Waals surface area contributed by atoms with E-state index in [1.165, 1.54) is 59.4 Å². The average Bonchev–Trinajstić information content (AvgIpc) is 3.23. The number of aryl methyl sites for hydroxylation is 1. The van der Waals surface area contributed by atoms with Crippen molar-refractivity contribution in [1.82, 2.24) is 5.43 Å². The summed E-state index contributed by atoms with van der Waals surface area (Å²) in [4.78, 5) is 26.7. The van der Waals surface area contributed by atoms with Crippen molar-refractivity contribution in [3.8, 4) is 11.5 Å². The molecule has 1 atom stereocenters. The molecule has 0 radical (unpaired) electrons. The summed E-state index contributed by atoms with van der Waals surface area (Å²) in [5, 5.41) is 4.03. The molecule has 6 nitrogen and oxygen atoms in total. The van der Waals surface area contributed by atoms with Crippen molar-refractivity contribution in [2.75, 3.05) is 7.11 Å². The van der Waals surface area contributed by atoms with Gasteiger partial charge in [0.25, 0.3) is 5.91 Å². The molecule has 1 aliphatic carbocycles. The number of amides is 1. The number of ether oxygens (including phenoxy) is 2. The number of hydrogen-bond donors (Lipinski definition) is 1. The number of hydrazone groups is 1. The summed E-state index contributed by atoms with van der Waals surface area (Å²) in [7, 11) is 1.43. The molecule has 2 aromatic carbocycles. The number of nitrogens with zero attached hydrogens (tertiary/aromatic N) is 1. The number of benzene rings is 2. The zero-order valence-electron chi connectivity index (χ0n) is 18.3. The van der Waals surface area contributed by atoms with Gasteiger partial charge in [0.15, 0.2) is 11.5 Å². The molecule has 3 aromatic rings. The Bertz CT molecular complexity index is 1220. The standard InChI is InChI=1S/C25H23FN2O4S/c1-15-7-10-22-17(11-15)13-23(33-22)24(29)28-27-14-16-8-9-20(21(12-16)31-2)32-25(30)18-5-3-4-6-19(18)26/h3-6,8-9,12-15H,7,10-11H2,1-2H3,(H,28,29). The Balaban J connectivity index is 1.41. The highest BCUT2D eigenvalue weighted by atomic mass is 32.1. The fourth-order valence-electron chi connectivity index (χ4n) is 3.67. The second kappa shape index (κ2) is 9.95. The minimum atomic E-state index is -0.826. The van der Waals surface area contributed by atoms with E-state index in [1.807, 2.05) is 6.07 Å². The van der Waals surface area contributed by atoms with Crippen LogP contribution in [-0.4, -0.2) is 25.2 Å². The minimum Gasteiger partial charge on any atom is -0.493 e. The van der Waals surface area contributed by atoms with E-state index in [4.69, 9.17) is 9.47 Å². The van der Waals surface area contributed by atoms with Crippen molar-refractivity contribution in [3.63, 3.8) is 0 Å². The number of carbonyl (C=O) groups excluding carboxylic acids is 2. The molecule has 170 valence electrons. The highest BCUT2D eigenvalue weighted by Crippen LogP contribution is 2.32. The Morgan fingerprint density at radius 2 is 2.00 bits per heavy atom. The molecule has 0 bridgehead atoms. The van der Waals surface area contributed by atoms with Gasteiger partial charge in [-0.15, -0.1) is 11.3 Å². The van der Waals surface area contributed by atoms with Crippen molar-refractivity contribution < 1.29 is 23.5 Å². The van der Waals surface area contributed by atoms with Crippen LogP contribution in [0.4, 0.5) is 4.39 Å². The highest BCUT2D eigenvalue weighted by Gasteiger charge is 2.20. The summed E-state index contributed by atoms with van der Waals surface area (Å²) in [6.45, 7) is 2.23. The van der Waals surface area contributed by atoms with E-state index in [0.29, 0.717) is 16.4 Å². The van der Waals surface area contributed by atoms with Crippen LogP contribution in [0.3, 0.4) is 0 Å². The van der Waals surface area contributed by atoms with Gasteiger partial charge in [-0.3, -0.25) is 4.79 Å². The molecule has 1 aromatic heterocycles. The Morgan fingerprint density at radius 3 is 2.79 bits per heavy atom. The highest BCUT2D eigenvalue weighted by molar-refractivity contribution is 7.14. The minimum absolute atomic E-state index is 0.144. The van der Waals surface area contributed by atoms with Gasteiger partial charge < -0.3 is 9.47 Å². The molecule has 0 fully saturated rings. The lowest BCUT2D eigenvalue weighted by atomic mass is 9.90. The molecular weight excluding hydrogens is 443 g/mol. The van der Waals surface area contributed by atoms with Crippen LogP contribution >= 0.6 is 11.3 Å². The lowest BCUT2D eigenvalue weighted by Gasteiger charge is -2.16. The van der Waals surface area contributed by atoms with E-state index in [9.17, 15) is 14.0 Å². The first-order chi connectivity index (χ1) is 15.9. The molecule has 4 rings (SSSR count). The molecule has 1 heterocycles. The summed E-state index contributed by atoms with van der Waals surface area (Å²) >= 11 is 1.52. The van der Waals surface area contributed by atoms with Gasteiger partial charge in [-0.1, -0.05) is 19.1 Å². The Hall–Kier alpha value is -3.52. The first-order valence-corrected chi connectivity index (χ1v) is 11.4. The van der Waals surface area contributed by atoms with Gasteiger partial charge >= 0.3 is 5.97 Å². The van der Waals surface area contributed by atoms with Crippen LogP contribution < -0.4 is 14.9 Å². The van der Waals surface area contributed by atoms with Crippen molar-refractivity contribution in [1.29, 1.82) is 0 Å². The van der Waals surface area contributed by atoms with E-state index < -0.39 is 11.8 Å². The summed E-state index contributed by atoms with van der Waals surface area (Å²) in [5.41, 5.74) is 4.27. The van der Waals surface area contributed by atoms with Gasteiger partial charge in [0.05, 0.1) is 23.8 Å². The maximum absolute atomic E-state index is 13.8. The van der Waals surface area contributed by atoms with Crippen LogP contribution in [0.1, 0.15) is 49.4 Å². The third-order valence-corrected chi connectivity index (χ3v) is 6.65. The number of methoxy groups -OCH3 is 1. The molecule has 1 amide bonds. The lowest BCUT2D eigenvalue weighted by molar-refractivity contribution is 0.0724. The van der Waals surface area contributed by atoms with Gasteiger partial charge in [-0.05, 0) is 72.7 Å². The molecule has 0 saturated carbocycles. The largest absolute Gasteiger partial charge is 0.493 e. The zero-order chi connectivity index (χ0) is 23.4. The molecular formula is C25H23FN2O4S. The molecule has 1 N–H and O–H groups in total.